The van der Waals surface area contributed by atoms with Crippen LogP contribution in [0, 0.1) is 23.0 Å². The van der Waals surface area contributed by atoms with Crippen molar-refractivity contribution in [3.63, 3.8) is 0 Å². The average molecular weight is 481 g/mol. The van der Waals surface area contributed by atoms with Gasteiger partial charge in [-0.15, -0.1) is 11.3 Å². The smallest absolute Gasteiger partial charge is 0.269 e. The lowest BCUT2D eigenvalue weighted by atomic mass is 9.99. The van der Waals surface area contributed by atoms with Crippen LogP contribution in [0.15, 0.2) is 30.6 Å². The van der Waals surface area contributed by atoms with Crippen molar-refractivity contribution in [1.29, 1.82) is 0 Å². The molecule has 0 radical (unpaired) electrons. The second-order valence-electron chi connectivity index (χ2n) is 9.16. The zero-order valence-corrected chi connectivity index (χ0v) is 20.3. The zero-order valence-electron chi connectivity index (χ0n) is 19.4. The average Bonchev–Trinajstić information content (AvgIpc) is 3.21. The largest absolute Gasteiger partial charge is 0.368 e. The van der Waals surface area contributed by atoms with Gasteiger partial charge < -0.3 is 14.7 Å². The SMILES string of the molecule is Cc1c(C(=O)N2CCN(c3ccc([N+](=O)[O-])cc3)CC2)sc2ncnc(N3CCC(C)CC3)c12. The van der Waals surface area contributed by atoms with Crippen LogP contribution in [0.25, 0.3) is 10.2 Å². The summed E-state index contributed by atoms with van der Waals surface area (Å²) in [7, 11) is 0. The molecule has 2 aliphatic heterocycles. The van der Waals surface area contributed by atoms with Crippen molar-refractivity contribution in [3.8, 4) is 0 Å². The number of carbonyl (C=O) groups excluding carboxylic acids is 1. The van der Waals surface area contributed by atoms with Crippen LogP contribution in [0.1, 0.15) is 35.0 Å². The number of piperazine rings is 1. The maximum atomic E-state index is 13.5. The number of aryl methyl sites for hydroxylation is 1. The highest BCUT2D eigenvalue weighted by atomic mass is 32.1. The lowest BCUT2D eigenvalue weighted by Gasteiger charge is -2.36. The number of nitro groups is 1. The third kappa shape index (κ3) is 4.18. The van der Waals surface area contributed by atoms with E-state index in [0.29, 0.717) is 26.2 Å². The summed E-state index contributed by atoms with van der Waals surface area (Å²) in [6.07, 6.45) is 3.92. The quantitative estimate of drug-likeness (QED) is 0.410. The molecule has 2 aromatic heterocycles. The van der Waals surface area contributed by atoms with Gasteiger partial charge in [0.15, 0.2) is 0 Å². The number of nitrogens with zero attached hydrogens (tertiary/aromatic N) is 6. The van der Waals surface area contributed by atoms with Gasteiger partial charge in [0, 0.05) is 57.1 Å². The molecule has 0 unspecified atom stereocenters. The molecular formula is C24H28N6O3S. The highest BCUT2D eigenvalue weighted by Gasteiger charge is 2.28. The highest BCUT2D eigenvalue weighted by molar-refractivity contribution is 7.20. The molecule has 0 aliphatic carbocycles. The van der Waals surface area contributed by atoms with Crippen molar-refractivity contribution in [2.75, 3.05) is 49.1 Å². The fraction of sp³-hybridized carbons (Fsp3) is 0.458. The van der Waals surface area contributed by atoms with E-state index in [1.807, 2.05) is 11.8 Å². The molecule has 178 valence electrons. The van der Waals surface area contributed by atoms with Crippen molar-refractivity contribution in [2.24, 2.45) is 5.92 Å². The molecule has 0 bridgehead atoms. The van der Waals surface area contributed by atoms with E-state index in [2.05, 4.69) is 26.7 Å². The first kappa shape index (κ1) is 22.5. The van der Waals surface area contributed by atoms with Gasteiger partial charge in [-0.1, -0.05) is 6.92 Å². The minimum Gasteiger partial charge on any atom is -0.368 e. The summed E-state index contributed by atoms with van der Waals surface area (Å²) in [5.41, 5.74) is 1.99. The first-order valence-electron chi connectivity index (χ1n) is 11.7. The number of amides is 1. The van der Waals surface area contributed by atoms with Crippen molar-refractivity contribution < 1.29 is 9.72 Å². The van der Waals surface area contributed by atoms with E-state index >= 15 is 0 Å². The van der Waals surface area contributed by atoms with Crippen LogP contribution >= 0.6 is 11.3 Å². The second kappa shape index (κ2) is 9.17. The van der Waals surface area contributed by atoms with Crippen LogP contribution in [0.2, 0.25) is 0 Å². The summed E-state index contributed by atoms with van der Waals surface area (Å²) in [6, 6.07) is 6.59. The molecule has 1 amide bonds. The molecule has 34 heavy (non-hydrogen) atoms. The number of aromatic nitrogens is 2. The van der Waals surface area contributed by atoms with E-state index in [1.54, 1.807) is 18.5 Å². The Morgan fingerprint density at radius 2 is 1.71 bits per heavy atom. The molecular weight excluding hydrogens is 452 g/mol. The fourth-order valence-electron chi connectivity index (χ4n) is 4.81. The molecule has 2 aliphatic rings. The van der Waals surface area contributed by atoms with Crippen LogP contribution in [-0.2, 0) is 0 Å². The van der Waals surface area contributed by atoms with Crippen molar-refractivity contribution in [1.82, 2.24) is 14.9 Å². The van der Waals surface area contributed by atoms with E-state index in [1.165, 1.54) is 23.5 Å². The van der Waals surface area contributed by atoms with Gasteiger partial charge in [-0.2, -0.15) is 0 Å². The van der Waals surface area contributed by atoms with Crippen LogP contribution < -0.4 is 9.80 Å². The van der Waals surface area contributed by atoms with Gasteiger partial charge in [0.1, 0.15) is 17.0 Å². The summed E-state index contributed by atoms with van der Waals surface area (Å²) in [5, 5.41) is 11.9. The first-order chi connectivity index (χ1) is 16.4. The number of rotatable bonds is 4. The van der Waals surface area contributed by atoms with Gasteiger partial charge in [0.05, 0.1) is 15.2 Å². The van der Waals surface area contributed by atoms with E-state index in [0.717, 1.165) is 64.0 Å². The molecule has 0 N–H and O–H groups in total. The van der Waals surface area contributed by atoms with Gasteiger partial charge in [0.25, 0.3) is 11.6 Å². The Balaban J connectivity index is 1.32. The van der Waals surface area contributed by atoms with Gasteiger partial charge in [-0.25, -0.2) is 9.97 Å². The fourth-order valence-corrected chi connectivity index (χ4v) is 5.92. The number of carbonyl (C=O) groups is 1. The van der Waals surface area contributed by atoms with E-state index in [9.17, 15) is 14.9 Å². The molecule has 9 nitrogen and oxygen atoms in total. The molecule has 0 saturated carbocycles. The second-order valence-corrected chi connectivity index (χ2v) is 10.2. The molecule has 0 atom stereocenters. The molecule has 4 heterocycles. The summed E-state index contributed by atoms with van der Waals surface area (Å²) in [6.45, 7) is 8.85. The number of benzene rings is 1. The van der Waals surface area contributed by atoms with E-state index < -0.39 is 4.92 Å². The number of hydrogen-bond acceptors (Lipinski definition) is 8. The van der Waals surface area contributed by atoms with Gasteiger partial charge >= 0.3 is 0 Å². The number of hydrogen-bond donors (Lipinski definition) is 0. The lowest BCUT2D eigenvalue weighted by molar-refractivity contribution is -0.384. The normalized spacial score (nSPS) is 17.4. The highest BCUT2D eigenvalue weighted by Crippen LogP contribution is 2.37. The van der Waals surface area contributed by atoms with Crippen molar-refractivity contribution in [2.45, 2.75) is 26.7 Å². The monoisotopic (exact) mass is 480 g/mol. The Labute approximate surface area is 202 Å². The van der Waals surface area contributed by atoms with Crippen molar-refractivity contribution in [3.05, 3.63) is 51.1 Å². The summed E-state index contributed by atoms with van der Waals surface area (Å²) >= 11 is 1.46. The third-order valence-corrected chi connectivity index (χ3v) is 8.16. The molecule has 1 aromatic carbocycles. The summed E-state index contributed by atoms with van der Waals surface area (Å²) < 4.78 is 0. The maximum Gasteiger partial charge on any atom is 0.269 e. The van der Waals surface area contributed by atoms with Crippen molar-refractivity contribution >= 4 is 44.7 Å². The van der Waals surface area contributed by atoms with Crippen LogP contribution in [0.3, 0.4) is 0 Å². The molecule has 10 heteroatoms. The molecule has 5 rings (SSSR count). The number of nitro benzene ring substituents is 1. The molecule has 3 aromatic rings. The Kier molecular flexibility index (Phi) is 6.07. The standard InChI is InChI=1S/C24H28N6O3S/c1-16-7-9-28(10-8-16)22-20-17(2)21(34-23(20)26-15-25-22)24(31)29-13-11-27(12-14-29)18-3-5-19(6-4-18)30(32)33/h3-6,15-16H,7-14H2,1-2H3. The Morgan fingerprint density at radius 1 is 1.03 bits per heavy atom. The van der Waals surface area contributed by atoms with Crippen LogP contribution in [0.5, 0.6) is 0 Å². The topological polar surface area (TPSA) is 95.7 Å². The minimum atomic E-state index is -0.394. The maximum absolute atomic E-state index is 13.5. The van der Waals surface area contributed by atoms with Gasteiger partial charge in [0.2, 0.25) is 0 Å². The van der Waals surface area contributed by atoms with E-state index in [-0.39, 0.29) is 11.6 Å². The number of non-ortho nitro benzene ring substituents is 1. The minimum absolute atomic E-state index is 0.0436. The predicted molar refractivity (Wildman–Crippen MR) is 134 cm³/mol. The van der Waals surface area contributed by atoms with Gasteiger partial charge in [-0.05, 0) is 43.4 Å². The first-order valence-corrected chi connectivity index (χ1v) is 12.5. The van der Waals surface area contributed by atoms with Gasteiger partial charge in [-0.3, -0.25) is 14.9 Å². The Morgan fingerprint density at radius 3 is 2.35 bits per heavy atom. The molecule has 2 fully saturated rings. The zero-order chi connectivity index (χ0) is 23.8. The van der Waals surface area contributed by atoms with Crippen LogP contribution in [-0.4, -0.2) is 65.0 Å². The number of thiophene rings is 1. The molecule has 0 spiro atoms. The van der Waals surface area contributed by atoms with Crippen LogP contribution in [0.4, 0.5) is 17.2 Å². The summed E-state index contributed by atoms with van der Waals surface area (Å²) in [4.78, 5) is 41.1. The number of anilines is 2. The lowest BCUT2D eigenvalue weighted by Crippen LogP contribution is -2.48. The molecule has 2 saturated heterocycles. The Hall–Kier alpha value is -3.27. The predicted octanol–water partition coefficient (Wildman–Crippen LogP) is 4.11. The Bertz CT molecular complexity index is 1210. The number of fused-ring (bicyclic) bond motifs is 1. The number of piperidine rings is 1. The third-order valence-electron chi connectivity index (χ3n) is 6.98. The summed E-state index contributed by atoms with van der Waals surface area (Å²) in [5.74, 6) is 1.73. The van der Waals surface area contributed by atoms with E-state index in [4.69, 9.17) is 0 Å².